The molecule has 0 heterocycles. The van der Waals surface area contributed by atoms with Gasteiger partial charge in [0.2, 0.25) is 5.91 Å². The first kappa shape index (κ1) is 19.1. The molecule has 0 saturated heterocycles. The molecule has 2 aromatic carbocycles. The minimum Gasteiger partial charge on any atom is -0.374 e. The lowest BCUT2D eigenvalue weighted by Crippen LogP contribution is -2.25. The van der Waals surface area contributed by atoms with Crippen LogP contribution in [0.25, 0.3) is 0 Å². The van der Waals surface area contributed by atoms with Crippen molar-refractivity contribution < 1.29 is 14.3 Å². The van der Waals surface area contributed by atoms with Crippen molar-refractivity contribution in [3.63, 3.8) is 0 Å². The molecule has 0 spiro atoms. The van der Waals surface area contributed by atoms with Gasteiger partial charge in [0.25, 0.3) is 5.91 Å². The summed E-state index contributed by atoms with van der Waals surface area (Å²) in [7, 11) is 0. The highest BCUT2D eigenvalue weighted by atomic mass is 16.5. The molecule has 2 amide bonds. The van der Waals surface area contributed by atoms with Gasteiger partial charge >= 0.3 is 0 Å². The topological polar surface area (TPSA) is 67.4 Å². The van der Waals surface area contributed by atoms with Gasteiger partial charge in [-0.25, -0.2) is 0 Å². The van der Waals surface area contributed by atoms with E-state index in [1.807, 2.05) is 37.3 Å². The Morgan fingerprint density at radius 2 is 1.89 bits per heavy atom. The van der Waals surface area contributed by atoms with E-state index in [2.05, 4.69) is 10.6 Å². The van der Waals surface area contributed by atoms with Crippen LogP contribution >= 0.6 is 0 Å². The van der Waals surface area contributed by atoms with E-state index in [0.29, 0.717) is 24.4 Å². The molecule has 2 aromatic rings. The third kappa shape index (κ3) is 5.93. The van der Waals surface area contributed by atoms with Crippen molar-refractivity contribution in [3.05, 3.63) is 65.7 Å². The molecule has 1 aliphatic carbocycles. The monoisotopic (exact) mass is 366 g/mol. The molecule has 0 aromatic heterocycles. The summed E-state index contributed by atoms with van der Waals surface area (Å²) in [6.45, 7) is 3.14. The number of ether oxygens (including phenoxy) is 1. The van der Waals surface area contributed by atoms with Crippen LogP contribution in [0.3, 0.4) is 0 Å². The van der Waals surface area contributed by atoms with E-state index in [1.54, 1.807) is 24.3 Å². The molecule has 1 unspecified atom stereocenters. The zero-order chi connectivity index (χ0) is 19.1. The third-order valence-electron chi connectivity index (χ3n) is 4.58. The summed E-state index contributed by atoms with van der Waals surface area (Å²) >= 11 is 0. The summed E-state index contributed by atoms with van der Waals surface area (Å²) in [5.41, 5.74) is 2.35. The Morgan fingerprint density at radius 1 is 1.11 bits per heavy atom. The fourth-order valence-corrected chi connectivity index (χ4v) is 2.78. The van der Waals surface area contributed by atoms with Gasteiger partial charge in [0.05, 0.1) is 6.10 Å². The molecule has 0 aliphatic heterocycles. The molecule has 5 nitrogen and oxygen atoms in total. The molecule has 5 heteroatoms. The second-order valence-corrected chi connectivity index (χ2v) is 6.88. The highest BCUT2D eigenvalue weighted by molar-refractivity contribution is 5.98. The van der Waals surface area contributed by atoms with Gasteiger partial charge in [0.1, 0.15) is 0 Å². The molecule has 1 saturated carbocycles. The SMILES string of the molecule is CC(OCCCNC(=O)c1cccc(NC(=O)C2CC2)c1)c1ccccc1. The number of carbonyl (C=O) groups is 2. The van der Waals surface area contributed by atoms with Gasteiger partial charge in [-0.1, -0.05) is 36.4 Å². The van der Waals surface area contributed by atoms with E-state index in [0.717, 1.165) is 24.8 Å². The Morgan fingerprint density at radius 3 is 2.63 bits per heavy atom. The lowest BCUT2D eigenvalue weighted by atomic mass is 10.1. The maximum Gasteiger partial charge on any atom is 0.251 e. The summed E-state index contributed by atoms with van der Waals surface area (Å²) in [5, 5.41) is 5.76. The van der Waals surface area contributed by atoms with Gasteiger partial charge in [-0.3, -0.25) is 9.59 Å². The molecule has 1 aliphatic rings. The molecular weight excluding hydrogens is 340 g/mol. The molecule has 27 heavy (non-hydrogen) atoms. The number of rotatable bonds is 9. The summed E-state index contributed by atoms with van der Waals surface area (Å²) < 4.78 is 5.81. The van der Waals surface area contributed by atoms with Crippen molar-refractivity contribution in [2.24, 2.45) is 5.92 Å². The van der Waals surface area contributed by atoms with Gasteiger partial charge in [-0.05, 0) is 49.9 Å². The van der Waals surface area contributed by atoms with Crippen molar-refractivity contribution >= 4 is 17.5 Å². The van der Waals surface area contributed by atoms with Crippen LogP contribution in [0.15, 0.2) is 54.6 Å². The molecule has 1 fully saturated rings. The summed E-state index contributed by atoms with van der Waals surface area (Å²) in [6, 6.07) is 17.1. The minimum absolute atomic E-state index is 0.0358. The second kappa shape index (κ2) is 9.33. The normalized spacial score (nSPS) is 14.4. The fourth-order valence-electron chi connectivity index (χ4n) is 2.78. The van der Waals surface area contributed by atoms with Crippen molar-refractivity contribution in [1.29, 1.82) is 0 Å². The largest absolute Gasteiger partial charge is 0.374 e. The predicted molar refractivity (Wildman–Crippen MR) is 106 cm³/mol. The van der Waals surface area contributed by atoms with E-state index in [9.17, 15) is 9.59 Å². The van der Waals surface area contributed by atoms with E-state index in [4.69, 9.17) is 4.74 Å². The van der Waals surface area contributed by atoms with E-state index in [1.165, 1.54) is 0 Å². The van der Waals surface area contributed by atoms with Crippen molar-refractivity contribution in [3.8, 4) is 0 Å². The predicted octanol–water partition coefficient (Wildman–Crippen LogP) is 3.93. The zero-order valence-electron chi connectivity index (χ0n) is 15.6. The van der Waals surface area contributed by atoms with Crippen LogP contribution in [-0.2, 0) is 9.53 Å². The lowest BCUT2D eigenvalue weighted by Gasteiger charge is -2.13. The molecule has 0 radical (unpaired) electrons. The first-order valence-electron chi connectivity index (χ1n) is 9.49. The first-order valence-corrected chi connectivity index (χ1v) is 9.49. The van der Waals surface area contributed by atoms with Crippen LogP contribution in [0.2, 0.25) is 0 Å². The molecule has 2 N–H and O–H groups in total. The first-order chi connectivity index (χ1) is 13.1. The smallest absolute Gasteiger partial charge is 0.251 e. The van der Waals surface area contributed by atoms with Crippen molar-refractivity contribution in [1.82, 2.24) is 5.32 Å². The Kier molecular flexibility index (Phi) is 6.60. The number of benzene rings is 2. The number of amides is 2. The van der Waals surface area contributed by atoms with Crippen LogP contribution in [-0.4, -0.2) is 25.0 Å². The van der Waals surface area contributed by atoms with Gasteiger partial charge in [0, 0.05) is 30.3 Å². The van der Waals surface area contributed by atoms with E-state index >= 15 is 0 Å². The molecule has 1 atom stereocenters. The van der Waals surface area contributed by atoms with E-state index in [-0.39, 0.29) is 23.8 Å². The number of nitrogens with one attached hydrogen (secondary N) is 2. The standard InChI is InChI=1S/C22H26N2O3/c1-16(17-7-3-2-4-8-17)27-14-6-13-23-21(25)19-9-5-10-20(15-19)24-22(26)18-11-12-18/h2-5,7-10,15-16,18H,6,11-14H2,1H3,(H,23,25)(H,24,26). The number of carbonyl (C=O) groups excluding carboxylic acids is 2. The molecule has 3 rings (SSSR count). The summed E-state index contributed by atoms with van der Waals surface area (Å²) in [6.07, 6.45) is 2.68. The molecular formula is C22H26N2O3. The van der Waals surface area contributed by atoms with Gasteiger partial charge in [-0.15, -0.1) is 0 Å². The maximum absolute atomic E-state index is 12.3. The maximum atomic E-state index is 12.3. The minimum atomic E-state index is -0.145. The molecule has 0 bridgehead atoms. The lowest BCUT2D eigenvalue weighted by molar-refractivity contribution is -0.117. The molecule has 142 valence electrons. The van der Waals surface area contributed by atoms with Gasteiger partial charge in [0.15, 0.2) is 0 Å². The van der Waals surface area contributed by atoms with Crippen LogP contribution in [0, 0.1) is 5.92 Å². The van der Waals surface area contributed by atoms with Crippen LogP contribution in [0.1, 0.15) is 48.2 Å². The number of hydrogen-bond acceptors (Lipinski definition) is 3. The van der Waals surface area contributed by atoms with Gasteiger partial charge in [-0.2, -0.15) is 0 Å². The van der Waals surface area contributed by atoms with Crippen molar-refractivity contribution in [2.45, 2.75) is 32.3 Å². The zero-order valence-corrected chi connectivity index (χ0v) is 15.6. The Hall–Kier alpha value is -2.66. The number of hydrogen-bond donors (Lipinski definition) is 2. The Labute approximate surface area is 160 Å². The van der Waals surface area contributed by atoms with E-state index < -0.39 is 0 Å². The van der Waals surface area contributed by atoms with Gasteiger partial charge < -0.3 is 15.4 Å². The quantitative estimate of drug-likeness (QED) is 0.661. The highest BCUT2D eigenvalue weighted by Crippen LogP contribution is 2.30. The van der Waals surface area contributed by atoms with Crippen molar-refractivity contribution in [2.75, 3.05) is 18.5 Å². The Bertz CT molecular complexity index is 772. The average Bonchev–Trinajstić information content (AvgIpc) is 3.54. The van der Waals surface area contributed by atoms with Crippen LogP contribution in [0.5, 0.6) is 0 Å². The average molecular weight is 366 g/mol. The highest BCUT2D eigenvalue weighted by Gasteiger charge is 2.29. The summed E-state index contributed by atoms with van der Waals surface area (Å²) in [5.74, 6) is 0.0339. The van der Waals surface area contributed by atoms with Crippen LogP contribution < -0.4 is 10.6 Å². The van der Waals surface area contributed by atoms with Crippen LogP contribution in [0.4, 0.5) is 5.69 Å². The second-order valence-electron chi connectivity index (χ2n) is 6.88. The number of anilines is 1. The fraction of sp³-hybridized carbons (Fsp3) is 0.364. The Balaban J connectivity index is 1.38. The third-order valence-corrected chi connectivity index (χ3v) is 4.58. The summed E-state index contributed by atoms with van der Waals surface area (Å²) in [4.78, 5) is 24.1.